The molecule has 2 rings (SSSR count). The number of ether oxygens (including phenoxy) is 2. The van der Waals surface area contributed by atoms with Gasteiger partial charge in [-0.15, -0.1) is 0 Å². The van der Waals surface area contributed by atoms with Crippen LogP contribution in [-0.4, -0.2) is 43.3 Å². The number of H-pyrrole nitrogens is 1. The summed E-state index contributed by atoms with van der Waals surface area (Å²) in [7, 11) is 4.11. The quantitative estimate of drug-likeness (QED) is 0.602. The van der Waals surface area contributed by atoms with Crippen molar-refractivity contribution in [2.45, 2.75) is 26.2 Å². The van der Waals surface area contributed by atoms with E-state index >= 15 is 0 Å². The first kappa shape index (κ1) is 16.4. The summed E-state index contributed by atoms with van der Waals surface area (Å²) in [4.78, 5) is 16.8. The fourth-order valence-corrected chi connectivity index (χ4v) is 2.32. The first-order chi connectivity index (χ1) is 10.6. The van der Waals surface area contributed by atoms with Crippen LogP contribution >= 0.6 is 0 Å². The molecule has 0 saturated heterocycles. The van der Waals surface area contributed by atoms with Crippen LogP contribution in [0.1, 0.15) is 25.3 Å². The summed E-state index contributed by atoms with van der Waals surface area (Å²) in [6.07, 6.45) is 4.15. The third kappa shape index (κ3) is 4.24. The molecule has 0 aliphatic heterocycles. The molecule has 0 aliphatic rings. The van der Waals surface area contributed by atoms with Gasteiger partial charge in [0.1, 0.15) is 5.75 Å². The van der Waals surface area contributed by atoms with E-state index in [-0.39, 0.29) is 12.8 Å². The van der Waals surface area contributed by atoms with E-state index in [4.69, 9.17) is 9.47 Å². The smallest absolute Gasteiger partial charge is 0.308 e. The number of fused-ring (bicyclic) bond motifs is 1. The summed E-state index contributed by atoms with van der Waals surface area (Å²) in [5.41, 5.74) is 2.24. The van der Waals surface area contributed by atoms with Crippen molar-refractivity contribution in [2.24, 2.45) is 0 Å². The molecule has 120 valence electrons. The van der Waals surface area contributed by atoms with Crippen molar-refractivity contribution in [1.29, 1.82) is 0 Å². The van der Waals surface area contributed by atoms with Crippen LogP contribution in [-0.2, 0) is 16.0 Å². The van der Waals surface area contributed by atoms with E-state index < -0.39 is 0 Å². The number of rotatable bonds is 8. The van der Waals surface area contributed by atoms with Crippen LogP contribution < -0.4 is 4.74 Å². The summed E-state index contributed by atoms with van der Waals surface area (Å²) in [6, 6.07) is 5.85. The zero-order valence-electron chi connectivity index (χ0n) is 13.5. The molecule has 0 spiro atoms. The molecule has 1 heterocycles. The Morgan fingerprint density at radius 2 is 2.14 bits per heavy atom. The number of benzene rings is 1. The van der Waals surface area contributed by atoms with Crippen molar-refractivity contribution in [3.05, 3.63) is 30.0 Å². The van der Waals surface area contributed by atoms with Gasteiger partial charge < -0.3 is 19.4 Å². The van der Waals surface area contributed by atoms with Crippen LogP contribution in [0.4, 0.5) is 0 Å². The summed E-state index contributed by atoms with van der Waals surface area (Å²) in [5, 5.41) is 1.07. The summed E-state index contributed by atoms with van der Waals surface area (Å²) >= 11 is 0. The number of aromatic amines is 1. The molecule has 5 nitrogen and oxygen atoms in total. The highest BCUT2D eigenvalue weighted by Crippen LogP contribution is 2.29. The van der Waals surface area contributed by atoms with Crippen molar-refractivity contribution in [3.63, 3.8) is 0 Å². The monoisotopic (exact) mass is 304 g/mol. The first-order valence-electron chi connectivity index (χ1n) is 7.64. The predicted octanol–water partition coefficient (Wildman–Crippen LogP) is 2.95. The van der Waals surface area contributed by atoms with Crippen molar-refractivity contribution >= 4 is 16.9 Å². The normalized spacial score (nSPS) is 11.1. The molecule has 2 aromatic rings. The average molecular weight is 304 g/mol. The van der Waals surface area contributed by atoms with Crippen molar-refractivity contribution in [1.82, 2.24) is 9.88 Å². The maximum atomic E-state index is 11.4. The van der Waals surface area contributed by atoms with E-state index in [0.717, 1.165) is 36.0 Å². The molecule has 0 radical (unpaired) electrons. The van der Waals surface area contributed by atoms with Gasteiger partial charge in [0.15, 0.2) is 0 Å². The molecular weight excluding hydrogens is 280 g/mol. The number of hydrogen-bond donors (Lipinski definition) is 1. The second-order valence-corrected chi connectivity index (χ2v) is 5.57. The summed E-state index contributed by atoms with van der Waals surface area (Å²) in [6.45, 7) is 2.86. The van der Waals surface area contributed by atoms with E-state index in [1.807, 2.05) is 31.3 Å². The molecule has 5 heteroatoms. The number of nitrogens with one attached hydrogen (secondary N) is 1. The van der Waals surface area contributed by atoms with Gasteiger partial charge in [0.2, 0.25) is 6.79 Å². The van der Waals surface area contributed by atoms with Crippen LogP contribution in [0.2, 0.25) is 0 Å². The lowest BCUT2D eigenvalue weighted by Crippen LogP contribution is -2.15. The van der Waals surface area contributed by atoms with Gasteiger partial charge in [0.25, 0.3) is 0 Å². The highest BCUT2D eigenvalue weighted by molar-refractivity contribution is 5.89. The third-order valence-corrected chi connectivity index (χ3v) is 3.47. The first-order valence-corrected chi connectivity index (χ1v) is 7.64. The second kappa shape index (κ2) is 7.84. The van der Waals surface area contributed by atoms with E-state index in [0.29, 0.717) is 6.42 Å². The maximum Gasteiger partial charge on any atom is 0.308 e. The van der Waals surface area contributed by atoms with Gasteiger partial charge in [-0.25, -0.2) is 0 Å². The standard InChI is InChI=1S/C17H24N2O3/c1-4-6-16(20)22-12-21-15-8-5-7-14-17(15)13(11-18-14)9-10-19(2)3/h5,7-8,11,18H,4,6,9-10,12H2,1-3H3. The molecule has 1 N–H and O–H groups in total. The number of hydrogen-bond acceptors (Lipinski definition) is 4. The zero-order chi connectivity index (χ0) is 15.9. The van der Waals surface area contributed by atoms with E-state index in [1.54, 1.807) is 0 Å². The Hall–Kier alpha value is -2.01. The van der Waals surface area contributed by atoms with Crippen LogP contribution in [0.15, 0.2) is 24.4 Å². The van der Waals surface area contributed by atoms with Crippen molar-refractivity contribution < 1.29 is 14.3 Å². The molecular formula is C17H24N2O3. The lowest BCUT2D eigenvalue weighted by molar-refractivity contribution is -0.150. The van der Waals surface area contributed by atoms with Crippen LogP contribution in [0.5, 0.6) is 5.75 Å². The van der Waals surface area contributed by atoms with Crippen LogP contribution in [0.3, 0.4) is 0 Å². The van der Waals surface area contributed by atoms with E-state index in [1.165, 1.54) is 5.56 Å². The molecule has 0 atom stereocenters. The van der Waals surface area contributed by atoms with E-state index in [9.17, 15) is 4.79 Å². The van der Waals surface area contributed by atoms with Gasteiger partial charge >= 0.3 is 5.97 Å². The Morgan fingerprint density at radius 1 is 1.32 bits per heavy atom. The SMILES string of the molecule is CCCC(=O)OCOc1cccc2[nH]cc(CCN(C)C)c12. The Kier molecular flexibility index (Phi) is 5.83. The molecule has 0 unspecified atom stereocenters. The van der Waals surface area contributed by atoms with Crippen LogP contribution in [0.25, 0.3) is 10.9 Å². The fourth-order valence-electron chi connectivity index (χ4n) is 2.32. The fraction of sp³-hybridized carbons (Fsp3) is 0.471. The molecule has 1 aromatic carbocycles. The van der Waals surface area contributed by atoms with Crippen molar-refractivity contribution in [3.8, 4) is 5.75 Å². The minimum Gasteiger partial charge on any atom is -0.457 e. The number of esters is 1. The number of nitrogens with zero attached hydrogens (tertiary/aromatic N) is 1. The number of carbonyl (C=O) groups is 1. The van der Waals surface area contributed by atoms with Gasteiger partial charge in [0.05, 0.1) is 0 Å². The molecule has 0 aliphatic carbocycles. The third-order valence-electron chi connectivity index (χ3n) is 3.47. The minimum atomic E-state index is -0.225. The molecule has 0 saturated carbocycles. The average Bonchev–Trinajstić information content (AvgIpc) is 2.89. The number of carbonyl (C=O) groups excluding carboxylic acids is 1. The molecule has 1 aromatic heterocycles. The summed E-state index contributed by atoms with van der Waals surface area (Å²) in [5.74, 6) is 0.522. The van der Waals surface area contributed by atoms with Crippen molar-refractivity contribution in [2.75, 3.05) is 27.4 Å². The molecule has 0 bridgehead atoms. The lowest BCUT2D eigenvalue weighted by Gasteiger charge is -2.11. The largest absolute Gasteiger partial charge is 0.457 e. The molecule has 22 heavy (non-hydrogen) atoms. The van der Waals surface area contributed by atoms with E-state index in [2.05, 4.69) is 24.0 Å². The van der Waals surface area contributed by atoms with Gasteiger partial charge in [-0.2, -0.15) is 0 Å². The number of aromatic nitrogens is 1. The Labute approximate surface area is 131 Å². The molecule has 0 amide bonds. The van der Waals surface area contributed by atoms with Gasteiger partial charge in [-0.1, -0.05) is 13.0 Å². The van der Waals surface area contributed by atoms with Gasteiger partial charge in [0, 0.05) is 30.1 Å². The topological polar surface area (TPSA) is 54.6 Å². The van der Waals surface area contributed by atoms with Crippen LogP contribution in [0, 0.1) is 0 Å². The second-order valence-electron chi connectivity index (χ2n) is 5.57. The Bertz CT molecular complexity index is 619. The Morgan fingerprint density at radius 3 is 2.86 bits per heavy atom. The zero-order valence-corrected chi connectivity index (χ0v) is 13.5. The van der Waals surface area contributed by atoms with Gasteiger partial charge in [-0.3, -0.25) is 4.79 Å². The highest BCUT2D eigenvalue weighted by Gasteiger charge is 2.10. The Balaban J connectivity index is 2.08. The number of likely N-dealkylation sites (N-methyl/N-ethyl adjacent to an activating group) is 1. The summed E-state index contributed by atoms with van der Waals surface area (Å²) < 4.78 is 10.7. The predicted molar refractivity (Wildman–Crippen MR) is 87.1 cm³/mol. The minimum absolute atomic E-state index is 0.0454. The maximum absolute atomic E-state index is 11.4. The molecule has 0 fully saturated rings. The highest BCUT2D eigenvalue weighted by atomic mass is 16.7. The lowest BCUT2D eigenvalue weighted by atomic mass is 10.1. The van der Waals surface area contributed by atoms with Gasteiger partial charge in [-0.05, 0) is 44.6 Å².